The van der Waals surface area contributed by atoms with Crippen molar-refractivity contribution >= 4 is 37.6 Å². The van der Waals surface area contributed by atoms with E-state index in [0.717, 1.165) is 10.0 Å². The lowest BCUT2D eigenvalue weighted by molar-refractivity contribution is -0.139. The molecular weight excluding hydrogens is 434 g/mol. The number of carboxylic acids is 1. The number of carbonyl (C=O) groups is 1. The first-order valence-electron chi connectivity index (χ1n) is 8.30. The van der Waals surface area contributed by atoms with Gasteiger partial charge in [-0.15, -0.1) is 0 Å². The fourth-order valence-electron chi connectivity index (χ4n) is 3.22. The summed E-state index contributed by atoms with van der Waals surface area (Å²) in [6, 6.07) is 10.0. The molecule has 0 aromatic heterocycles. The number of nitrogens with zero attached hydrogens (tertiary/aromatic N) is 1. The Morgan fingerprint density at radius 2 is 1.96 bits per heavy atom. The number of carboxylic acid groups (broad SMARTS) is 1. The van der Waals surface area contributed by atoms with Crippen molar-refractivity contribution in [1.82, 2.24) is 0 Å². The summed E-state index contributed by atoms with van der Waals surface area (Å²) in [4.78, 5) is 10.8. The van der Waals surface area contributed by atoms with Gasteiger partial charge < -0.3 is 9.84 Å². The molecule has 0 amide bonds. The van der Waals surface area contributed by atoms with Crippen LogP contribution < -0.4 is 9.04 Å². The average molecular weight is 454 g/mol. The zero-order valence-electron chi connectivity index (χ0n) is 15.2. The van der Waals surface area contributed by atoms with Gasteiger partial charge >= 0.3 is 5.97 Å². The van der Waals surface area contributed by atoms with E-state index < -0.39 is 22.6 Å². The summed E-state index contributed by atoms with van der Waals surface area (Å²) in [7, 11) is -3.76. The minimum absolute atomic E-state index is 0.147. The number of halogens is 1. The monoisotopic (exact) mass is 453 g/mol. The lowest BCUT2D eigenvalue weighted by Gasteiger charge is -2.22. The molecule has 1 N–H and O–H groups in total. The first-order chi connectivity index (χ1) is 12.5. The third-order valence-electron chi connectivity index (χ3n) is 4.58. The number of sulfonamides is 1. The number of hydrogen-bond acceptors (Lipinski definition) is 4. The fourth-order valence-corrected chi connectivity index (χ4v) is 5.31. The minimum atomic E-state index is -3.76. The minimum Gasteiger partial charge on any atom is -0.482 e. The summed E-state index contributed by atoms with van der Waals surface area (Å²) in [5.41, 5.74) is 1.89. The standard InChI is InChI=1S/C19H20BrNO5S/c1-12-8-14(5-7-17(12)26-10-18(22)23)27(24,25)21-11-19(2,3)15-9-13(20)4-6-16(15)21/h4-9H,10-11H2,1-3H3,(H,22,23). The Hall–Kier alpha value is -2.06. The molecule has 0 saturated carbocycles. The molecule has 27 heavy (non-hydrogen) atoms. The van der Waals surface area contributed by atoms with Crippen molar-refractivity contribution in [3.8, 4) is 5.75 Å². The van der Waals surface area contributed by atoms with Crippen molar-refractivity contribution in [2.45, 2.75) is 31.1 Å². The average Bonchev–Trinajstić information content (AvgIpc) is 2.85. The smallest absolute Gasteiger partial charge is 0.341 e. The largest absolute Gasteiger partial charge is 0.482 e. The highest BCUT2D eigenvalue weighted by Gasteiger charge is 2.41. The molecule has 1 heterocycles. The number of aliphatic carboxylic acids is 1. The first-order valence-corrected chi connectivity index (χ1v) is 10.5. The SMILES string of the molecule is Cc1cc(S(=O)(=O)N2CC(C)(C)c3cc(Br)ccc32)ccc1OCC(=O)O. The van der Waals surface area contributed by atoms with Gasteiger partial charge in [-0.2, -0.15) is 0 Å². The Morgan fingerprint density at radius 3 is 2.59 bits per heavy atom. The highest BCUT2D eigenvalue weighted by Crippen LogP contribution is 2.44. The van der Waals surface area contributed by atoms with Crippen LogP contribution in [0.25, 0.3) is 0 Å². The molecule has 0 saturated heterocycles. The highest BCUT2D eigenvalue weighted by molar-refractivity contribution is 9.10. The molecule has 0 spiro atoms. The van der Waals surface area contributed by atoms with Crippen LogP contribution in [0.1, 0.15) is 25.0 Å². The van der Waals surface area contributed by atoms with E-state index in [1.807, 2.05) is 32.0 Å². The second-order valence-corrected chi connectivity index (χ2v) is 9.94. The molecule has 6 nitrogen and oxygen atoms in total. The molecule has 0 radical (unpaired) electrons. The zero-order valence-corrected chi connectivity index (χ0v) is 17.6. The van der Waals surface area contributed by atoms with E-state index in [2.05, 4.69) is 15.9 Å². The van der Waals surface area contributed by atoms with Crippen LogP contribution in [0.4, 0.5) is 5.69 Å². The number of rotatable bonds is 5. The Labute approximate surface area is 166 Å². The van der Waals surface area contributed by atoms with Crippen molar-refractivity contribution in [1.29, 1.82) is 0 Å². The first kappa shape index (κ1) is 19.7. The summed E-state index contributed by atoms with van der Waals surface area (Å²) >= 11 is 3.45. The predicted octanol–water partition coefficient (Wildman–Crippen LogP) is 3.71. The molecular formula is C19H20BrNO5S. The number of fused-ring (bicyclic) bond motifs is 1. The van der Waals surface area contributed by atoms with Gasteiger partial charge in [0.15, 0.2) is 6.61 Å². The van der Waals surface area contributed by atoms with E-state index in [0.29, 0.717) is 23.5 Å². The maximum absolute atomic E-state index is 13.3. The summed E-state index contributed by atoms with van der Waals surface area (Å²) in [5.74, 6) is -0.740. The molecule has 1 aliphatic heterocycles. The van der Waals surface area contributed by atoms with E-state index in [9.17, 15) is 13.2 Å². The number of hydrogen-bond donors (Lipinski definition) is 1. The number of benzene rings is 2. The molecule has 8 heteroatoms. The number of anilines is 1. The van der Waals surface area contributed by atoms with Gasteiger partial charge in [-0.05, 0) is 54.4 Å². The summed E-state index contributed by atoms with van der Waals surface area (Å²) in [5, 5.41) is 8.72. The van der Waals surface area contributed by atoms with Gasteiger partial charge in [-0.3, -0.25) is 4.31 Å². The van der Waals surface area contributed by atoms with Gasteiger partial charge in [-0.25, -0.2) is 13.2 Å². The van der Waals surface area contributed by atoms with Crippen LogP contribution in [0.3, 0.4) is 0 Å². The fraction of sp³-hybridized carbons (Fsp3) is 0.316. The van der Waals surface area contributed by atoms with Gasteiger partial charge in [0.2, 0.25) is 0 Å². The van der Waals surface area contributed by atoms with Crippen molar-refractivity contribution in [3.05, 3.63) is 52.0 Å². The van der Waals surface area contributed by atoms with Gasteiger partial charge in [0.1, 0.15) is 5.75 Å². The van der Waals surface area contributed by atoms with Crippen LogP contribution >= 0.6 is 15.9 Å². The van der Waals surface area contributed by atoms with Crippen LogP contribution in [0.5, 0.6) is 5.75 Å². The number of aryl methyl sites for hydroxylation is 1. The second-order valence-electron chi connectivity index (χ2n) is 7.17. The molecule has 3 rings (SSSR count). The molecule has 0 bridgehead atoms. The quantitative estimate of drug-likeness (QED) is 0.745. The Balaban J connectivity index is 1.99. The summed E-state index contributed by atoms with van der Waals surface area (Å²) in [6.07, 6.45) is 0. The Bertz CT molecular complexity index is 1020. The molecule has 2 aromatic carbocycles. The van der Waals surface area contributed by atoms with E-state index in [1.54, 1.807) is 6.92 Å². The van der Waals surface area contributed by atoms with Gasteiger partial charge in [0, 0.05) is 16.4 Å². The van der Waals surface area contributed by atoms with E-state index in [4.69, 9.17) is 9.84 Å². The summed E-state index contributed by atoms with van der Waals surface area (Å²) in [6.45, 7) is 5.59. The third-order valence-corrected chi connectivity index (χ3v) is 6.83. The highest BCUT2D eigenvalue weighted by atomic mass is 79.9. The van der Waals surface area contributed by atoms with Crippen LogP contribution in [0.15, 0.2) is 45.8 Å². The molecule has 2 aromatic rings. The van der Waals surface area contributed by atoms with Crippen molar-refractivity contribution in [2.75, 3.05) is 17.5 Å². The van der Waals surface area contributed by atoms with Gasteiger partial charge in [0.25, 0.3) is 10.0 Å². The van der Waals surface area contributed by atoms with Crippen LogP contribution in [0.2, 0.25) is 0 Å². The third kappa shape index (κ3) is 3.68. The maximum atomic E-state index is 13.3. The van der Waals surface area contributed by atoms with Crippen LogP contribution in [0, 0.1) is 6.92 Å². The van der Waals surface area contributed by atoms with E-state index in [-0.39, 0.29) is 10.3 Å². The molecule has 0 atom stereocenters. The molecule has 0 unspecified atom stereocenters. The van der Waals surface area contributed by atoms with Crippen molar-refractivity contribution in [2.24, 2.45) is 0 Å². The zero-order chi connectivity index (χ0) is 20.0. The van der Waals surface area contributed by atoms with Crippen LogP contribution in [-0.2, 0) is 20.2 Å². The second kappa shape index (κ2) is 6.83. The molecule has 0 fully saturated rings. The lowest BCUT2D eigenvalue weighted by Crippen LogP contribution is -2.34. The molecule has 144 valence electrons. The number of ether oxygens (including phenoxy) is 1. The van der Waals surface area contributed by atoms with E-state index in [1.165, 1.54) is 22.5 Å². The maximum Gasteiger partial charge on any atom is 0.341 e. The predicted molar refractivity (Wildman–Crippen MR) is 106 cm³/mol. The Kier molecular flexibility index (Phi) is 4.98. The topological polar surface area (TPSA) is 83.9 Å². The summed E-state index contributed by atoms with van der Waals surface area (Å²) < 4.78 is 34.1. The van der Waals surface area contributed by atoms with Gasteiger partial charge in [0.05, 0.1) is 10.6 Å². The molecule has 0 aliphatic carbocycles. The molecule has 1 aliphatic rings. The van der Waals surface area contributed by atoms with E-state index >= 15 is 0 Å². The van der Waals surface area contributed by atoms with Gasteiger partial charge in [-0.1, -0.05) is 29.8 Å². The lowest BCUT2D eigenvalue weighted by atomic mass is 9.87. The van der Waals surface area contributed by atoms with Crippen molar-refractivity contribution in [3.63, 3.8) is 0 Å². The normalized spacial score (nSPS) is 15.5. The van der Waals surface area contributed by atoms with Crippen molar-refractivity contribution < 1.29 is 23.1 Å². The van der Waals surface area contributed by atoms with Crippen LogP contribution in [-0.4, -0.2) is 32.6 Å². The Morgan fingerprint density at radius 1 is 1.26 bits per heavy atom.